The van der Waals surface area contributed by atoms with Crippen molar-refractivity contribution in [1.82, 2.24) is 4.90 Å². The Morgan fingerprint density at radius 2 is 2.21 bits per heavy atom. The van der Waals surface area contributed by atoms with Gasteiger partial charge in [-0.2, -0.15) is 0 Å². The first-order chi connectivity index (χ1) is 9.13. The molecule has 1 aliphatic rings. The average molecular weight is 263 g/mol. The van der Waals surface area contributed by atoms with Crippen LogP contribution in [-0.4, -0.2) is 23.4 Å². The van der Waals surface area contributed by atoms with Crippen LogP contribution in [0.1, 0.15) is 54.9 Å². The standard InChI is InChI=1S/C16H22FNO/c1-3-6-14-7-4-5-10-18(14)16(19)15-9-8-13(17)11-12(15)2/h8-9,11,14H,3-7,10H2,1-2H3. The van der Waals surface area contributed by atoms with Crippen molar-refractivity contribution < 1.29 is 9.18 Å². The lowest BCUT2D eigenvalue weighted by atomic mass is 9.96. The topological polar surface area (TPSA) is 20.3 Å². The minimum atomic E-state index is -0.280. The van der Waals surface area contributed by atoms with E-state index >= 15 is 0 Å². The molecule has 0 N–H and O–H groups in total. The third-order valence-electron chi connectivity index (χ3n) is 3.93. The second-order valence-electron chi connectivity index (χ2n) is 5.40. The molecule has 0 spiro atoms. The molecular formula is C16H22FNO. The molecule has 1 heterocycles. The van der Waals surface area contributed by atoms with E-state index < -0.39 is 0 Å². The number of hydrogen-bond acceptors (Lipinski definition) is 1. The summed E-state index contributed by atoms with van der Waals surface area (Å²) in [5.74, 6) is -0.214. The number of carbonyl (C=O) groups is 1. The summed E-state index contributed by atoms with van der Waals surface area (Å²) in [5, 5.41) is 0. The number of nitrogens with zero attached hydrogens (tertiary/aromatic N) is 1. The molecule has 3 heteroatoms. The fourth-order valence-electron chi connectivity index (χ4n) is 2.92. The molecule has 0 aliphatic carbocycles. The first-order valence-corrected chi connectivity index (χ1v) is 7.20. The Labute approximate surface area is 114 Å². The number of halogens is 1. The van der Waals surface area contributed by atoms with Gasteiger partial charge in [0, 0.05) is 18.2 Å². The van der Waals surface area contributed by atoms with E-state index in [-0.39, 0.29) is 11.7 Å². The number of aryl methyl sites for hydroxylation is 1. The first-order valence-electron chi connectivity index (χ1n) is 7.20. The number of piperidine rings is 1. The average Bonchev–Trinajstić information content (AvgIpc) is 2.39. The lowest BCUT2D eigenvalue weighted by molar-refractivity contribution is 0.0600. The zero-order valence-electron chi connectivity index (χ0n) is 11.8. The summed E-state index contributed by atoms with van der Waals surface area (Å²) < 4.78 is 13.1. The summed E-state index contributed by atoms with van der Waals surface area (Å²) in [4.78, 5) is 14.6. The van der Waals surface area contributed by atoms with Crippen molar-refractivity contribution in [3.63, 3.8) is 0 Å². The maximum atomic E-state index is 13.1. The van der Waals surface area contributed by atoms with E-state index in [2.05, 4.69) is 6.92 Å². The molecule has 1 unspecified atom stereocenters. The molecule has 0 bridgehead atoms. The molecule has 0 saturated carbocycles. The fraction of sp³-hybridized carbons (Fsp3) is 0.562. The number of likely N-dealkylation sites (tertiary alicyclic amines) is 1. The van der Waals surface area contributed by atoms with Crippen molar-refractivity contribution >= 4 is 5.91 Å². The molecule has 1 aromatic rings. The predicted molar refractivity (Wildman–Crippen MR) is 74.7 cm³/mol. The summed E-state index contributed by atoms with van der Waals surface area (Å²) in [6.07, 6.45) is 5.53. The van der Waals surface area contributed by atoms with Crippen molar-refractivity contribution in [2.24, 2.45) is 0 Å². The minimum Gasteiger partial charge on any atom is -0.336 e. The van der Waals surface area contributed by atoms with Gasteiger partial charge in [-0.3, -0.25) is 4.79 Å². The largest absolute Gasteiger partial charge is 0.336 e. The maximum absolute atomic E-state index is 13.1. The van der Waals surface area contributed by atoms with Gasteiger partial charge in [0.05, 0.1) is 0 Å². The second kappa shape index (κ2) is 6.18. The van der Waals surface area contributed by atoms with Crippen molar-refractivity contribution in [2.75, 3.05) is 6.54 Å². The van der Waals surface area contributed by atoms with Gasteiger partial charge in [-0.1, -0.05) is 13.3 Å². The number of hydrogen-bond donors (Lipinski definition) is 0. The Bertz CT molecular complexity index is 456. The summed E-state index contributed by atoms with van der Waals surface area (Å²) >= 11 is 0. The van der Waals surface area contributed by atoms with Crippen LogP contribution in [0.25, 0.3) is 0 Å². The SMILES string of the molecule is CCCC1CCCCN1C(=O)c1ccc(F)cc1C. The summed E-state index contributed by atoms with van der Waals surface area (Å²) in [6.45, 7) is 4.79. The van der Waals surface area contributed by atoms with E-state index in [9.17, 15) is 9.18 Å². The molecule has 1 fully saturated rings. The minimum absolute atomic E-state index is 0.0654. The first kappa shape index (κ1) is 14.0. The van der Waals surface area contributed by atoms with Gasteiger partial charge in [0.15, 0.2) is 0 Å². The smallest absolute Gasteiger partial charge is 0.254 e. The summed E-state index contributed by atoms with van der Waals surface area (Å²) in [5.41, 5.74) is 1.37. The highest BCUT2D eigenvalue weighted by Gasteiger charge is 2.27. The molecule has 19 heavy (non-hydrogen) atoms. The maximum Gasteiger partial charge on any atom is 0.254 e. The van der Waals surface area contributed by atoms with E-state index in [0.29, 0.717) is 11.6 Å². The Balaban J connectivity index is 2.21. The molecule has 1 aromatic carbocycles. The number of rotatable bonds is 3. The highest BCUT2D eigenvalue weighted by Crippen LogP contribution is 2.24. The lowest BCUT2D eigenvalue weighted by Gasteiger charge is -2.36. The Morgan fingerprint density at radius 3 is 2.89 bits per heavy atom. The molecule has 1 atom stereocenters. The van der Waals surface area contributed by atoms with Crippen LogP contribution in [0, 0.1) is 12.7 Å². The zero-order valence-corrected chi connectivity index (χ0v) is 11.8. The van der Waals surface area contributed by atoms with Crippen molar-refractivity contribution in [1.29, 1.82) is 0 Å². The molecular weight excluding hydrogens is 241 g/mol. The van der Waals surface area contributed by atoms with Crippen molar-refractivity contribution in [2.45, 2.75) is 52.0 Å². The van der Waals surface area contributed by atoms with Gasteiger partial charge in [-0.25, -0.2) is 4.39 Å². The molecule has 0 radical (unpaired) electrons. The summed E-state index contributed by atoms with van der Waals surface area (Å²) in [6, 6.07) is 4.78. The van der Waals surface area contributed by atoms with Crippen LogP contribution in [0.4, 0.5) is 4.39 Å². The molecule has 1 aliphatic heterocycles. The number of carbonyl (C=O) groups excluding carboxylic acids is 1. The second-order valence-corrected chi connectivity index (χ2v) is 5.40. The van der Waals surface area contributed by atoms with E-state index in [1.54, 1.807) is 13.0 Å². The molecule has 104 valence electrons. The third-order valence-corrected chi connectivity index (χ3v) is 3.93. The van der Waals surface area contributed by atoms with Crippen LogP contribution in [0.2, 0.25) is 0 Å². The Kier molecular flexibility index (Phi) is 4.56. The lowest BCUT2D eigenvalue weighted by Crippen LogP contribution is -2.43. The number of amides is 1. The zero-order chi connectivity index (χ0) is 13.8. The predicted octanol–water partition coefficient (Wildman–Crippen LogP) is 3.93. The fourth-order valence-corrected chi connectivity index (χ4v) is 2.92. The van der Waals surface area contributed by atoms with E-state index in [1.165, 1.54) is 18.6 Å². The number of benzene rings is 1. The van der Waals surface area contributed by atoms with Crippen LogP contribution in [-0.2, 0) is 0 Å². The van der Waals surface area contributed by atoms with Crippen LogP contribution in [0.15, 0.2) is 18.2 Å². The molecule has 1 amide bonds. The summed E-state index contributed by atoms with van der Waals surface area (Å²) in [7, 11) is 0. The molecule has 2 rings (SSSR count). The highest BCUT2D eigenvalue weighted by molar-refractivity contribution is 5.95. The van der Waals surface area contributed by atoms with Crippen molar-refractivity contribution in [3.05, 3.63) is 35.1 Å². The molecule has 0 aromatic heterocycles. The van der Waals surface area contributed by atoms with Gasteiger partial charge in [-0.05, 0) is 56.4 Å². The molecule has 2 nitrogen and oxygen atoms in total. The van der Waals surface area contributed by atoms with Crippen molar-refractivity contribution in [3.8, 4) is 0 Å². The van der Waals surface area contributed by atoms with Crippen LogP contribution in [0.5, 0.6) is 0 Å². The van der Waals surface area contributed by atoms with E-state index in [0.717, 1.165) is 37.8 Å². The van der Waals surface area contributed by atoms with E-state index in [4.69, 9.17) is 0 Å². The van der Waals surface area contributed by atoms with Gasteiger partial charge >= 0.3 is 0 Å². The van der Waals surface area contributed by atoms with Gasteiger partial charge in [0.1, 0.15) is 5.82 Å². The molecule has 1 saturated heterocycles. The van der Waals surface area contributed by atoms with Crippen LogP contribution < -0.4 is 0 Å². The quantitative estimate of drug-likeness (QED) is 0.809. The third kappa shape index (κ3) is 3.14. The highest BCUT2D eigenvalue weighted by atomic mass is 19.1. The van der Waals surface area contributed by atoms with Gasteiger partial charge < -0.3 is 4.90 Å². The van der Waals surface area contributed by atoms with Crippen LogP contribution >= 0.6 is 0 Å². The Morgan fingerprint density at radius 1 is 1.42 bits per heavy atom. The normalized spacial score (nSPS) is 19.5. The van der Waals surface area contributed by atoms with Crippen LogP contribution in [0.3, 0.4) is 0 Å². The monoisotopic (exact) mass is 263 g/mol. The van der Waals surface area contributed by atoms with Gasteiger partial charge in [-0.15, -0.1) is 0 Å². The van der Waals surface area contributed by atoms with Gasteiger partial charge in [0.2, 0.25) is 0 Å². The van der Waals surface area contributed by atoms with E-state index in [1.807, 2.05) is 4.90 Å². The van der Waals surface area contributed by atoms with Gasteiger partial charge in [0.25, 0.3) is 5.91 Å². The Hall–Kier alpha value is -1.38.